The van der Waals surface area contributed by atoms with Gasteiger partial charge in [-0.05, 0) is 47.7 Å². The van der Waals surface area contributed by atoms with Crippen LogP contribution in [-0.2, 0) is 4.79 Å². The number of nitrogens with one attached hydrogen (secondary N) is 1. The van der Waals surface area contributed by atoms with Gasteiger partial charge in [-0.25, -0.2) is 0 Å². The van der Waals surface area contributed by atoms with Crippen LogP contribution >= 0.6 is 15.9 Å². The third kappa shape index (κ3) is 4.13. The van der Waals surface area contributed by atoms with E-state index >= 15 is 0 Å². The average molecular weight is 374 g/mol. The van der Waals surface area contributed by atoms with Crippen LogP contribution in [0.4, 0.5) is 5.69 Å². The Labute approximate surface area is 140 Å². The quantitative estimate of drug-likeness (QED) is 0.742. The number of nitrogens with zero attached hydrogens (tertiary/aromatic N) is 4. The number of carbonyl (C=O) groups is 1. The van der Waals surface area contributed by atoms with Crippen LogP contribution in [0.5, 0.6) is 5.75 Å². The van der Waals surface area contributed by atoms with Gasteiger partial charge in [-0.2, -0.15) is 0 Å². The first-order chi connectivity index (χ1) is 11.2. The second kappa shape index (κ2) is 7.01. The molecular formula is C15H12BrN5O2. The highest BCUT2D eigenvalue weighted by atomic mass is 79.9. The maximum absolute atomic E-state index is 11.9. The molecule has 0 fully saturated rings. The minimum Gasteiger partial charge on any atom is -0.484 e. The first-order valence-electron chi connectivity index (χ1n) is 6.72. The molecule has 0 spiro atoms. The Morgan fingerprint density at radius 1 is 1.22 bits per heavy atom. The van der Waals surface area contributed by atoms with E-state index in [0.29, 0.717) is 11.4 Å². The number of hydrogen-bond donors (Lipinski definition) is 1. The summed E-state index contributed by atoms with van der Waals surface area (Å²) in [6.07, 6.45) is 1.36. The van der Waals surface area contributed by atoms with Crippen molar-refractivity contribution in [3.8, 4) is 11.4 Å². The first kappa shape index (κ1) is 15.2. The molecule has 7 nitrogen and oxygen atoms in total. The van der Waals surface area contributed by atoms with E-state index in [0.717, 1.165) is 10.2 Å². The Kier molecular flexibility index (Phi) is 4.62. The fourth-order valence-corrected chi connectivity index (χ4v) is 2.27. The maximum atomic E-state index is 11.9. The van der Waals surface area contributed by atoms with Crippen LogP contribution in [0.3, 0.4) is 0 Å². The van der Waals surface area contributed by atoms with Crippen molar-refractivity contribution >= 4 is 27.5 Å². The van der Waals surface area contributed by atoms with Gasteiger partial charge in [0, 0.05) is 10.2 Å². The zero-order valence-corrected chi connectivity index (χ0v) is 13.5. The molecule has 3 rings (SSSR count). The molecule has 0 radical (unpaired) electrons. The molecule has 1 aromatic heterocycles. The predicted molar refractivity (Wildman–Crippen MR) is 87.4 cm³/mol. The molecule has 0 saturated heterocycles. The summed E-state index contributed by atoms with van der Waals surface area (Å²) in [6, 6.07) is 14.4. The van der Waals surface area contributed by atoms with Crippen molar-refractivity contribution < 1.29 is 9.53 Å². The van der Waals surface area contributed by atoms with Gasteiger partial charge in [0.15, 0.2) is 12.9 Å². The second-order valence-electron chi connectivity index (χ2n) is 4.57. The van der Waals surface area contributed by atoms with E-state index in [9.17, 15) is 4.79 Å². The van der Waals surface area contributed by atoms with Crippen molar-refractivity contribution in [3.05, 3.63) is 59.3 Å². The normalized spacial score (nSPS) is 10.3. The number of ether oxygens (including phenoxy) is 1. The van der Waals surface area contributed by atoms with E-state index in [2.05, 4.69) is 36.7 Å². The number of rotatable bonds is 5. The predicted octanol–water partition coefficient (Wildman–Crippen LogP) is 2.44. The molecule has 2 aromatic carbocycles. The lowest BCUT2D eigenvalue weighted by Crippen LogP contribution is -2.20. The van der Waals surface area contributed by atoms with Crippen LogP contribution in [0.25, 0.3) is 5.69 Å². The van der Waals surface area contributed by atoms with Crippen LogP contribution in [0, 0.1) is 0 Å². The number of aromatic nitrogens is 4. The van der Waals surface area contributed by atoms with E-state index < -0.39 is 0 Å². The molecule has 0 unspecified atom stereocenters. The minimum atomic E-state index is -0.231. The van der Waals surface area contributed by atoms with E-state index in [1.54, 1.807) is 24.3 Å². The zero-order chi connectivity index (χ0) is 16.1. The number of hydrogen-bond acceptors (Lipinski definition) is 5. The second-order valence-corrected chi connectivity index (χ2v) is 5.48. The SMILES string of the molecule is O=C(COc1ccc(-n2ncnn2)cc1)Nc1cccc(Br)c1. The van der Waals surface area contributed by atoms with E-state index in [1.165, 1.54) is 11.1 Å². The standard InChI is InChI=1S/C15H12BrN5O2/c16-11-2-1-3-12(8-11)19-15(22)9-23-14-6-4-13(5-7-14)21-18-10-17-20-21/h1-8,10H,9H2,(H,19,22). The van der Waals surface area contributed by atoms with Gasteiger partial charge in [-0.3, -0.25) is 4.79 Å². The molecule has 0 aliphatic carbocycles. The van der Waals surface area contributed by atoms with E-state index in [1.807, 2.05) is 24.3 Å². The van der Waals surface area contributed by atoms with Crippen molar-refractivity contribution in [1.29, 1.82) is 0 Å². The Bertz CT molecular complexity index is 790. The summed E-state index contributed by atoms with van der Waals surface area (Å²) in [6.45, 7) is -0.0760. The number of halogens is 1. The van der Waals surface area contributed by atoms with Gasteiger partial charge in [0.1, 0.15) is 5.75 Å². The number of amides is 1. The summed E-state index contributed by atoms with van der Waals surface area (Å²) in [5.41, 5.74) is 1.47. The minimum absolute atomic E-state index is 0.0760. The van der Waals surface area contributed by atoms with Crippen molar-refractivity contribution in [2.45, 2.75) is 0 Å². The van der Waals surface area contributed by atoms with Gasteiger partial charge < -0.3 is 10.1 Å². The monoisotopic (exact) mass is 373 g/mol. The smallest absolute Gasteiger partial charge is 0.262 e. The summed E-state index contributed by atoms with van der Waals surface area (Å²) < 4.78 is 6.35. The van der Waals surface area contributed by atoms with Crippen molar-refractivity contribution in [3.63, 3.8) is 0 Å². The van der Waals surface area contributed by atoms with Crippen molar-refractivity contribution in [2.75, 3.05) is 11.9 Å². The fraction of sp³-hybridized carbons (Fsp3) is 0.0667. The average Bonchev–Trinajstić information content (AvgIpc) is 3.08. The highest BCUT2D eigenvalue weighted by Gasteiger charge is 2.05. The number of tetrazole rings is 1. The summed E-state index contributed by atoms with van der Waals surface area (Å²) in [4.78, 5) is 13.3. The highest BCUT2D eigenvalue weighted by molar-refractivity contribution is 9.10. The van der Waals surface area contributed by atoms with Crippen LogP contribution in [0.1, 0.15) is 0 Å². The largest absolute Gasteiger partial charge is 0.484 e. The number of benzene rings is 2. The molecule has 0 aliphatic rings. The topological polar surface area (TPSA) is 81.9 Å². The van der Waals surface area contributed by atoms with Crippen LogP contribution in [0.2, 0.25) is 0 Å². The van der Waals surface area contributed by atoms with Gasteiger partial charge in [-0.15, -0.1) is 15.0 Å². The molecule has 1 amide bonds. The lowest BCUT2D eigenvalue weighted by Gasteiger charge is -2.08. The van der Waals surface area contributed by atoms with Crippen LogP contribution < -0.4 is 10.1 Å². The van der Waals surface area contributed by atoms with E-state index in [-0.39, 0.29) is 12.5 Å². The summed E-state index contributed by atoms with van der Waals surface area (Å²) in [5.74, 6) is 0.350. The summed E-state index contributed by atoms with van der Waals surface area (Å²) in [5, 5.41) is 14.1. The summed E-state index contributed by atoms with van der Waals surface area (Å²) in [7, 11) is 0. The van der Waals surface area contributed by atoms with Crippen LogP contribution in [-0.4, -0.2) is 32.7 Å². The molecule has 0 bridgehead atoms. The van der Waals surface area contributed by atoms with Gasteiger partial charge in [-0.1, -0.05) is 22.0 Å². The maximum Gasteiger partial charge on any atom is 0.262 e. The molecule has 0 saturated carbocycles. The van der Waals surface area contributed by atoms with E-state index in [4.69, 9.17) is 4.74 Å². The molecule has 8 heteroatoms. The molecular weight excluding hydrogens is 362 g/mol. The molecule has 0 atom stereocenters. The third-order valence-electron chi connectivity index (χ3n) is 2.89. The Morgan fingerprint density at radius 2 is 2.04 bits per heavy atom. The third-order valence-corrected chi connectivity index (χ3v) is 3.39. The molecule has 1 N–H and O–H groups in total. The van der Waals surface area contributed by atoms with Crippen molar-refractivity contribution in [1.82, 2.24) is 20.2 Å². The molecule has 0 aliphatic heterocycles. The number of anilines is 1. The molecule has 3 aromatic rings. The molecule has 116 valence electrons. The lowest BCUT2D eigenvalue weighted by molar-refractivity contribution is -0.118. The van der Waals surface area contributed by atoms with Crippen molar-refractivity contribution in [2.24, 2.45) is 0 Å². The fourth-order valence-electron chi connectivity index (χ4n) is 1.87. The Morgan fingerprint density at radius 3 is 2.74 bits per heavy atom. The lowest BCUT2D eigenvalue weighted by atomic mass is 10.3. The van der Waals surface area contributed by atoms with Crippen LogP contribution in [0.15, 0.2) is 59.3 Å². The summed E-state index contributed by atoms with van der Waals surface area (Å²) >= 11 is 3.35. The van der Waals surface area contributed by atoms with Gasteiger partial charge in [0.05, 0.1) is 5.69 Å². The highest BCUT2D eigenvalue weighted by Crippen LogP contribution is 2.16. The Hall–Kier alpha value is -2.74. The Balaban J connectivity index is 1.54. The number of carbonyl (C=O) groups excluding carboxylic acids is 1. The molecule has 1 heterocycles. The first-order valence-corrected chi connectivity index (χ1v) is 7.52. The molecule has 23 heavy (non-hydrogen) atoms. The van der Waals surface area contributed by atoms with Gasteiger partial charge >= 0.3 is 0 Å². The van der Waals surface area contributed by atoms with Gasteiger partial charge in [0.25, 0.3) is 5.91 Å². The van der Waals surface area contributed by atoms with Gasteiger partial charge in [0.2, 0.25) is 0 Å². The zero-order valence-electron chi connectivity index (χ0n) is 11.9.